The molecular formula is C54H78N10O9. The van der Waals surface area contributed by atoms with Crippen LogP contribution in [0.4, 0.5) is 0 Å². The molecule has 0 saturated heterocycles. The number of rotatable bonds is 30. The highest BCUT2D eigenvalue weighted by molar-refractivity contribution is 5.76. The van der Waals surface area contributed by atoms with Crippen LogP contribution in [0.3, 0.4) is 0 Å². The summed E-state index contributed by atoms with van der Waals surface area (Å²) in [5.74, 6) is 1.98. The van der Waals surface area contributed by atoms with Gasteiger partial charge in [-0.15, -0.1) is 0 Å². The lowest BCUT2D eigenvalue weighted by Crippen LogP contribution is -2.39. The van der Waals surface area contributed by atoms with Gasteiger partial charge >= 0.3 is 11.4 Å². The first-order chi connectivity index (χ1) is 35.3. The molecule has 4 aromatic heterocycles. The molecule has 6 rings (SSSR count). The first-order valence-corrected chi connectivity index (χ1v) is 25.9. The second kappa shape index (κ2) is 29.6. The Balaban J connectivity index is 0.000000273. The molecule has 398 valence electrons. The second-order valence-electron chi connectivity index (χ2n) is 18.7. The SMILES string of the molecule is COc1cc(OC)c(CNC(=O)CCCCCCCCCCn2c(=O)c3c(ncn3C)n(C)c2=O)c(OC)c1.Cn1cnc2c1c(=O)n(CCCCCCCCCCC(=O)NCCc1ccccc1)c(=O)n2C. The van der Waals surface area contributed by atoms with E-state index in [9.17, 15) is 28.8 Å². The predicted molar refractivity (Wildman–Crippen MR) is 285 cm³/mol. The lowest BCUT2D eigenvalue weighted by Gasteiger charge is -2.15. The Labute approximate surface area is 427 Å². The van der Waals surface area contributed by atoms with Gasteiger partial charge in [0.25, 0.3) is 11.1 Å². The van der Waals surface area contributed by atoms with Crippen LogP contribution >= 0.6 is 0 Å². The summed E-state index contributed by atoms with van der Waals surface area (Å²) in [5.41, 5.74) is 2.61. The van der Waals surface area contributed by atoms with Crippen LogP contribution in [0, 0.1) is 0 Å². The summed E-state index contributed by atoms with van der Waals surface area (Å²) in [6, 6.07) is 13.7. The third kappa shape index (κ3) is 16.3. The monoisotopic (exact) mass is 1010 g/mol. The number of imidazole rings is 2. The van der Waals surface area contributed by atoms with Crippen molar-refractivity contribution in [3.63, 3.8) is 0 Å². The van der Waals surface area contributed by atoms with E-state index < -0.39 is 0 Å². The molecule has 2 amide bonds. The molecule has 0 aliphatic rings. The molecule has 0 aliphatic carbocycles. The van der Waals surface area contributed by atoms with Crippen molar-refractivity contribution in [1.29, 1.82) is 0 Å². The van der Waals surface area contributed by atoms with Gasteiger partial charge in [-0.05, 0) is 37.7 Å². The lowest BCUT2D eigenvalue weighted by atomic mass is 10.1. The number of benzene rings is 2. The van der Waals surface area contributed by atoms with Gasteiger partial charge in [-0.25, -0.2) is 19.6 Å². The largest absolute Gasteiger partial charge is 0.496 e. The van der Waals surface area contributed by atoms with Crippen molar-refractivity contribution in [2.45, 2.75) is 142 Å². The molecular weight excluding hydrogens is 933 g/mol. The van der Waals surface area contributed by atoms with Crippen molar-refractivity contribution in [2.24, 2.45) is 28.2 Å². The maximum atomic E-state index is 12.7. The summed E-state index contributed by atoms with van der Waals surface area (Å²) in [5, 5.41) is 5.96. The van der Waals surface area contributed by atoms with Crippen molar-refractivity contribution >= 4 is 34.1 Å². The zero-order valence-electron chi connectivity index (χ0n) is 44.2. The highest BCUT2D eigenvalue weighted by Crippen LogP contribution is 2.34. The average Bonchev–Trinajstić information content (AvgIpc) is 3.99. The molecule has 2 N–H and O–H groups in total. The zero-order chi connectivity index (χ0) is 52.7. The van der Waals surface area contributed by atoms with Gasteiger partial charge in [-0.3, -0.25) is 37.4 Å². The normalized spacial score (nSPS) is 11.2. The maximum absolute atomic E-state index is 12.7. The molecule has 6 aromatic rings. The molecule has 0 spiro atoms. The molecule has 0 atom stereocenters. The van der Waals surface area contributed by atoms with E-state index in [1.165, 1.54) is 23.8 Å². The van der Waals surface area contributed by atoms with Crippen LogP contribution in [0.1, 0.15) is 127 Å². The van der Waals surface area contributed by atoms with E-state index in [0.29, 0.717) is 78.6 Å². The van der Waals surface area contributed by atoms with Crippen LogP contribution in [0.2, 0.25) is 0 Å². The van der Waals surface area contributed by atoms with E-state index in [-0.39, 0.29) is 34.3 Å². The van der Waals surface area contributed by atoms with Crippen LogP contribution in [-0.4, -0.2) is 77.1 Å². The Hall–Kier alpha value is -6.92. The number of nitrogens with one attached hydrogen (secondary N) is 2. The number of fused-ring (bicyclic) bond motifs is 2. The van der Waals surface area contributed by atoms with Crippen LogP contribution in [0.25, 0.3) is 22.3 Å². The van der Waals surface area contributed by atoms with Crippen LogP contribution < -0.4 is 47.3 Å². The summed E-state index contributed by atoms with van der Waals surface area (Å²) < 4.78 is 25.0. The van der Waals surface area contributed by atoms with Crippen LogP contribution in [-0.2, 0) is 63.8 Å². The fourth-order valence-electron chi connectivity index (χ4n) is 9.03. The minimum absolute atomic E-state index is 0.000574. The first kappa shape index (κ1) is 57.0. The highest BCUT2D eigenvalue weighted by atomic mass is 16.5. The molecule has 0 aliphatic heterocycles. The summed E-state index contributed by atoms with van der Waals surface area (Å²) >= 11 is 0. The highest BCUT2D eigenvalue weighted by Gasteiger charge is 2.17. The Morgan fingerprint density at radius 2 is 0.945 bits per heavy atom. The number of carbonyl (C=O) groups excluding carboxylic acids is 2. The smallest absolute Gasteiger partial charge is 0.332 e. The van der Waals surface area contributed by atoms with E-state index in [0.717, 1.165) is 115 Å². The van der Waals surface area contributed by atoms with E-state index >= 15 is 0 Å². The number of methoxy groups -OCH3 is 3. The van der Waals surface area contributed by atoms with Crippen molar-refractivity contribution in [3.8, 4) is 17.2 Å². The molecule has 73 heavy (non-hydrogen) atoms. The van der Waals surface area contributed by atoms with Gasteiger partial charge in [0.1, 0.15) is 17.2 Å². The van der Waals surface area contributed by atoms with Crippen molar-refractivity contribution in [1.82, 2.24) is 48.0 Å². The predicted octanol–water partition coefficient (Wildman–Crippen LogP) is 6.59. The van der Waals surface area contributed by atoms with Gasteiger partial charge in [-0.2, -0.15) is 0 Å². The Morgan fingerprint density at radius 1 is 0.534 bits per heavy atom. The Morgan fingerprint density at radius 3 is 1.37 bits per heavy atom. The van der Waals surface area contributed by atoms with Gasteiger partial charge < -0.3 is 34.0 Å². The summed E-state index contributed by atoms with van der Waals surface area (Å²) in [4.78, 5) is 83.1. The molecule has 0 unspecified atom stereocenters. The van der Waals surface area contributed by atoms with Crippen molar-refractivity contribution in [2.75, 3.05) is 27.9 Å². The van der Waals surface area contributed by atoms with E-state index in [1.54, 1.807) is 83.4 Å². The number of hydrogen-bond acceptors (Lipinski definition) is 11. The minimum atomic E-state index is -0.322. The minimum Gasteiger partial charge on any atom is -0.496 e. The molecule has 0 radical (unpaired) electrons. The standard InChI is InChI=1S/C28H41N5O6.C26H37N5O3/c1-31-19-30-26-25(31)27(35)33(28(36)32(26)2)15-13-11-9-7-6-8-10-12-14-24(34)29-18-21-22(38-4)16-20(37-3)17-23(21)39-5;1-29-20-28-24-23(29)25(33)31(26(34)30(24)2)19-13-8-6-4-3-5-7-12-16-22(32)27-18-17-21-14-10-9-11-15-21/h16-17,19H,6-15,18H2,1-5H3,(H,29,34);9-11,14-15,20H,3-8,12-13,16-19H2,1-2H3,(H,27,32). The molecule has 19 heteroatoms. The molecule has 0 bridgehead atoms. The summed E-state index contributed by atoms with van der Waals surface area (Å²) in [7, 11) is 11.6. The Bertz CT molecular complexity index is 2920. The quantitative estimate of drug-likeness (QED) is 0.0460. The first-order valence-electron chi connectivity index (χ1n) is 25.9. The van der Waals surface area contributed by atoms with Crippen molar-refractivity contribution in [3.05, 3.63) is 108 Å². The molecule has 0 saturated carbocycles. The van der Waals surface area contributed by atoms with Crippen LogP contribution in [0.5, 0.6) is 17.2 Å². The fraction of sp³-hybridized carbons (Fsp3) is 0.556. The zero-order valence-corrected chi connectivity index (χ0v) is 44.2. The number of ether oxygens (including phenoxy) is 3. The number of amides is 2. The number of hydrogen-bond donors (Lipinski definition) is 2. The molecule has 0 fully saturated rings. The van der Waals surface area contributed by atoms with Gasteiger partial charge in [0, 0.05) is 72.8 Å². The summed E-state index contributed by atoms with van der Waals surface area (Å²) in [6.07, 6.45) is 21.3. The lowest BCUT2D eigenvalue weighted by molar-refractivity contribution is -0.122. The molecule has 4 heterocycles. The third-order valence-electron chi connectivity index (χ3n) is 13.3. The Kier molecular flexibility index (Phi) is 23.1. The summed E-state index contributed by atoms with van der Waals surface area (Å²) in [6.45, 7) is 1.86. The van der Waals surface area contributed by atoms with Gasteiger partial charge in [-0.1, -0.05) is 107 Å². The molecule has 2 aromatic carbocycles. The topological polar surface area (TPSA) is 210 Å². The third-order valence-corrected chi connectivity index (χ3v) is 13.3. The number of carbonyl (C=O) groups is 2. The average molecular weight is 1010 g/mol. The number of nitrogens with zero attached hydrogens (tertiary/aromatic N) is 8. The van der Waals surface area contributed by atoms with E-state index in [4.69, 9.17) is 14.2 Å². The van der Waals surface area contributed by atoms with Gasteiger partial charge in [0.15, 0.2) is 22.3 Å². The number of unbranched alkanes of at least 4 members (excludes halogenated alkanes) is 14. The maximum Gasteiger partial charge on any atom is 0.332 e. The van der Waals surface area contributed by atoms with E-state index in [2.05, 4.69) is 32.7 Å². The van der Waals surface area contributed by atoms with Gasteiger partial charge in [0.05, 0.1) is 46.1 Å². The fourth-order valence-corrected chi connectivity index (χ4v) is 9.03. The van der Waals surface area contributed by atoms with Crippen molar-refractivity contribution < 1.29 is 23.8 Å². The second-order valence-corrected chi connectivity index (χ2v) is 18.7. The van der Waals surface area contributed by atoms with Gasteiger partial charge in [0.2, 0.25) is 11.8 Å². The number of aryl methyl sites for hydroxylation is 4. The van der Waals surface area contributed by atoms with E-state index in [1.807, 2.05) is 18.2 Å². The molecule has 19 nitrogen and oxygen atoms in total. The van der Waals surface area contributed by atoms with Crippen LogP contribution in [0.15, 0.2) is 74.3 Å². The number of aromatic nitrogens is 8.